The topological polar surface area (TPSA) is 35.5 Å². The molecule has 0 N–H and O–H groups in total. The second-order valence-corrected chi connectivity index (χ2v) is 3.58. The SMILES string of the molecule is COc1cc(Cl)c(CC(C)=O)cc1OC. The highest BCUT2D eigenvalue weighted by Crippen LogP contribution is 2.33. The van der Waals surface area contributed by atoms with Gasteiger partial charge in [-0.25, -0.2) is 0 Å². The van der Waals surface area contributed by atoms with Crippen LogP contribution in [0.3, 0.4) is 0 Å². The van der Waals surface area contributed by atoms with Crippen LogP contribution in [0.2, 0.25) is 5.02 Å². The van der Waals surface area contributed by atoms with Gasteiger partial charge >= 0.3 is 0 Å². The van der Waals surface area contributed by atoms with E-state index in [0.29, 0.717) is 22.9 Å². The van der Waals surface area contributed by atoms with Crippen molar-refractivity contribution in [1.82, 2.24) is 0 Å². The Bertz CT molecular complexity index is 374. The van der Waals surface area contributed by atoms with Gasteiger partial charge in [0.2, 0.25) is 0 Å². The Morgan fingerprint density at radius 3 is 2.27 bits per heavy atom. The van der Waals surface area contributed by atoms with Gasteiger partial charge in [-0.1, -0.05) is 11.6 Å². The lowest BCUT2D eigenvalue weighted by Crippen LogP contribution is -1.99. The number of hydrogen-bond donors (Lipinski definition) is 0. The van der Waals surface area contributed by atoms with Gasteiger partial charge in [0.1, 0.15) is 5.78 Å². The zero-order chi connectivity index (χ0) is 11.4. The number of carbonyl (C=O) groups is 1. The molecule has 0 bridgehead atoms. The molecule has 82 valence electrons. The van der Waals surface area contributed by atoms with Crippen molar-refractivity contribution in [2.24, 2.45) is 0 Å². The van der Waals surface area contributed by atoms with E-state index >= 15 is 0 Å². The van der Waals surface area contributed by atoms with Gasteiger partial charge < -0.3 is 9.47 Å². The Kier molecular flexibility index (Phi) is 3.97. The van der Waals surface area contributed by atoms with Crippen LogP contribution < -0.4 is 9.47 Å². The van der Waals surface area contributed by atoms with Crippen molar-refractivity contribution in [3.8, 4) is 11.5 Å². The summed E-state index contributed by atoms with van der Waals surface area (Å²) in [5.74, 6) is 1.21. The highest BCUT2D eigenvalue weighted by molar-refractivity contribution is 6.31. The van der Waals surface area contributed by atoms with E-state index in [4.69, 9.17) is 21.1 Å². The van der Waals surface area contributed by atoms with Crippen LogP contribution in [0.15, 0.2) is 12.1 Å². The summed E-state index contributed by atoms with van der Waals surface area (Å²) in [7, 11) is 3.09. The predicted octanol–water partition coefficient (Wildman–Crippen LogP) is 2.49. The first-order valence-corrected chi connectivity index (χ1v) is 4.86. The molecule has 0 aromatic heterocycles. The summed E-state index contributed by atoms with van der Waals surface area (Å²) in [5.41, 5.74) is 0.752. The van der Waals surface area contributed by atoms with Crippen LogP contribution in [0.4, 0.5) is 0 Å². The number of hydrogen-bond acceptors (Lipinski definition) is 3. The van der Waals surface area contributed by atoms with Gasteiger partial charge in [-0.2, -0.15) is 0 Å². The average molecular weight is 229 g/mol. The molecule has 0 saturated heterocycles. The van der Waals surface area contributed by atoms with Gasteiger partial charge in [-0.3, -0.25) is 4.79 Å². The fourth-order valence-electron chi connectivity index (χ4n) is 1.30. The molecule has 15 heavy (non-hydrogen) atoms. The molecule has 0 saturated carbocycles. The summed E-state index contributed by atoms with van der Waals surface area (Å²) in [5, 5.41) is 0.517. The molecule has 0 aliphatic rings. The number of Topliss-reactive ketones (excluding diaryl/α,β-unsaturated/α-hetero) is 1. The number of ether oxygens (including phenoxy) is 2. The fourth-order valence-corrected chi connectivity index (χ4v) is 1.52. The van der Waals surface area contributed by atoms with Crippen LogP contribution in [-0.2, 0) is 11.2 Å². The van der Waals surface area contributed by atoms with E-state index in [1.165, 1.54) is 6.92 Å². The summed E-state index contributed by atoms with van der Waals surface area (Å²) < 4.78 is 10.2. The maximum atomic E-state index is 11.0. The Hall–Kier alpha value is -1.22. The Morgan fingerprint density at radius 1 is 1.27 bits per heavy atom. The van der Waals surface area contributed by atoms with Gasteiger partial charge in [0.05, 0.1) is 14.2 Å². The van der Waals surface area contributed by atoms with Gasteiger partial charge in [0.25, 0.3) is 0 Å². The smallest absolute Gasteiger partial charge is 0.162 e. The third kappa shape index (κ3) is 2.86. The highest BCUT2D eigenvalue weighted by atomic mass is 35.5. The minimum atomic E-state index is 0.0594. The zero-order valence-corrected chi connectivity index (χ0v) is 9.72. The predicted molar refractivity (Wildman–Crippen MR) is 58.9 cm³/mol. The maximum absolute atomic E-state index is 11.0. The maximum Gasteiger partial charge on any atom is 0.162 e. The summed E-state index contributed by atoms with van der Waals surface area (Å²) in [4.78, 5) is 11.0. The van der Waals surface area contributed by atoms with Crippen LogP contribution in [0, 0.1) is 0 Å². The Morgan fingerprint density at radius 2 is 1.80 bits per heavy atom. The van der Waals surface area contributed by atoms with Crippen LogP contribution in [0.25, 0.3) is 0 Å². The van der Waals surface area contributed by atoms with Crippen LogP contribution >= 0.6 is 11.6 Å². The minimum absolute atomic E-state index is 0.0594. The molecule has 0 aliphatic heterocycles. The zero-order valence-electron chi connectivity index (χ0n) is 8.96. The third-order valence-corrected chi connectivity index (χ3v) is 2.34. The molecule has 3 nitrogen and oxygen atoms in total. The van der Waals surface area contributed by atoms with E-state index in [1.54, 1.807) is 26.4 Å². The molecule has 0 spiro atoms. The summed E-state index contributed by atoms with van der Waals surface area (Å²) in [6.45, 7) is 1.52. The fraction of sp³-hybridized carbons (Fsp3) is 0.364. The monoisotopic (exact) mass is 228 g/mol. The van der Waals surface area contributed by atoms with E-state index in [-0.39, 0.29) is 5.78 Å². The van der Waals surface area contributed by atoms with Gasteiger partial charge in [0, 0.05) is 17.5 Å². The molecule has 4 heteroatoms. The molecule has 0 aliphatic carbocycles. The number of benzene rings is 1. The van der Waals surface area contributed by atoms with Gasteiger partial charge in [-0.05, 0) is 18.6 Å². The molecular formula is C11H13ClO3. The van der Waals surface area contributed by atoms with E-state index in [1.807, 2.05) is 0 Å². The molecule has 0 heterocycles. The molecule has 0 amide bonds. The van der Waals surface area contributed by atoms with Crippen molar-refractivity contribution < 1.29 is 14.3 Å². The summed E-state index contributed by atoms with van der Waals surface area (Å²) >= 11 is 5.99. The van der Waals surface area contributed by atoms with E-state index in [2.05, 4.69) is 0 Å². The number of halogens is 1. The van der Waals surface area contributed by atoms with E-state index in [9.17, 15) is 4.79 Å². The first-order valence-electron chi connectivity index (χ1n) is 4.48. The third-order valence-electron chi connectivity index (χ3n) is 1.99. The van der Waals surface area contributed by atoms with E-state index < -0.39 is 0 Å². The lowest BCUT2D eigenvalue weighted by atomic mass is 10.1. The highest BCUT2D eigenvalue weighted by Gasteiger charge is 2.10. The number of rotatable bonds is 4. The number of methoxy groups -OCH3 is 2. The second-order valence-electron chi connectivity index (χ2n) is 3.18. The van der Waals surface area contributed by atoms with Crippen molar-refractivity contribution in [3.63, 3.8) is 0 Å². The molecule has 1 aromatic carbocycles. The average Bonchev–Trinajstić information content (AvgIpc) is 2.19. The molecular weight excluding hydrogens is 216 g/mol. The standard InChI is InChI=1S/C11H13ClO3/c1-7(13)4-8-5-10(14-2)11(15-3)6-9(8)12/h5-6H,4H2,1-3H3. The van der Waals surface area contributed by atoms with Crippen LogP contribution in [-0.4, -0.2) is 20.0 Å². The quantitative estimate of drug-likeness (QED) is 0.794. The van der Waals surface area contributed by atoms with Crippen molar-refractivity contribution in [2.45, 2.75) is 13.3 Å². The number of carbonyl (C=O) groups excluding carboxylic acids is 1. The largest absolute Gasteiger partial charge is 0.493 e. The van der Waals surface area contributed by atoms with Crippen molar-refractivity contribution in [3.05, 3.63) is 22.7 Å². The summed E-state index contributed by atoms with van der Waals surface area (Å²) in [6.07, 6.45) is 0.305. The van der Waals surface area contributed by atoms with Gasteiger partial charge in [0.15, 0.2) is 11.5 Å². The van der Waals surface area contributed by atoms with Gasteiger partial charge in [-0.15, -0.1) is 0 Å². The lowest BCUT2D eigenvalue weighted by Gasteiger charge is -2.10. The molecule has 1 rings (SSSR count). The van der Waals surface area contributed by atoms with E-state index in [0.717, 1.165) is 5.56 Å². The van der Waals surface area contributed by atoms with Crippen molar-refractivity contribution in [2.75, 3.05) is 14.2 Å². The van der Waals surface area contributed by atoms with Crippen molar-refractivity contribution >= 4 is 17.4 Å². The van der Waals surface area contributed by atoms with Crippen LogP contribution in [0.1, 0.15) is 12.5 Å². The van der Waals surface area contributed by atoms with Crippen molar-refractivity contribution in [1.29, 1.82) is 0 Å². The molecule has 0 fully saturated rings. The van der Waals surface area contributed by atoms with Crippen LogP contribution in [0.5, 0.6) is 11.5 Å². The molecule has 1 aromatic rings. The lowest BCUT2D eigenvalue weighted by molar-refractivity contribution is -0.116. The first-order chi connectivity index (χ1) is 7.08. The molecule has 0 atom stereocenters. The Labute approximate surface area is 93.9 Å². The Balaban J connectivity index is 3.13. The molecule has 0 radical (unpaired) electrons. The summed E-state index contributed by atoms with van der Waals surface area (Å²) in [6, 6.07) is 3.38. The molecule has 0 unspecified atom stereocenters. The second kappa shape index (κ2) is 5.03. The minimum Gasteiger partial charge on any atom is -0.493 e. The normalized spacial score (nSPS) is 9.87. The first kappa shape index (κ1) is 11.9. The number of ketones is 1.